The van der Waals surface area contributed by atoms with E-state index in [9.17, 15) is 4.79 Å². The van der Waals surface area contributed by atoms with Crippen LogP contribution in [0.5, 0.6) is 5.75 Å². The number of methoxy groups -OCH3 is 1. The van der Waals surface area contributed by atoms with E-state index in [1.807, 2.05) is 31.2 Å². The van der Waals surface area contributed by atoms with Crippen LogP contribution < -0.4 is 10.1 Å². The zero-order valence-corrected chi connectivity index (χ0v) is 8.83. The summed E-state index contributed by atoms with van der Waals surface area (Å²) in [5.74, 6) is 0.766. The minimum Gasteiger partial charge on any atom is -0.497 e. The molecule has 0 fully saturated rings. The maximum absolute atomic E-state index is 11.6. The molecule has 3 nitrogen and oxygen atoms in total. The number of carbonyl (C=O) groups excluding carboxylic acids is 1. The minimum atomic E-state index is -0.0155. The average molecular weight is 203 g/mol. The summed E-state index contributed by atoms with van der Waals surface area (Å²) in [7, 11) is 1.62. The fourth-order valence-corrected chi connectivity index (χ4v) is 1.62. The fourth-order valence-electron chi connectivity index (χ4n) is 1.62. The van der Waals surface area contributed by atoms with Crippen molar-refractivity contribution in [1.82, 2.24) is 5.32 Å². The van der Waals surface area contributed by atoms with E-state index in [4.69, 9.17) is 4.74 Å². The van der Waals surface area contributed by atoms with Crippen LogP contribution in [0.1, 0.15) is 18.1 Å². The van der Waals surface area contributed by atoms with Crippen LogP contribution in [0.15, 0.2) is 18.2 Å². The van der Waals surface area contributed by atoms with Crippen molar-refractivity contribution < 1.29 is 9.53 Å². The van der Waals surface area contributed by atoms with Crippen molar-refractivity contribution in [1.29, 1.82) is 0 Å². The molecule has 2 rings (SSSR count). The highest BCUT2D eigenvalue weighted by atomic mass is 16.5. The van der Waals surface area contributed by atoms with Gasteiger partial charge in [0, 0.05) is 12.1 Å². The Morgan fingerprint density at radius 1 is 1.47 bits per heavy atom. The summed E-state index contributed by atoms with van der Waals surface area (Å²) < 4.78 is 5.11. The molecule has 78 valence electrons. The first kappa shape index (κ1) is 9.77. The second-order valence-electron chi connectivity index (χ2n) is 3.37. The number of ether oxygens (including phenoxy) is 1. The van der Waals surface area contributed by atoms with E-state index in [0.717, 1.165) is 22.4 Å². The maximum Gasteiger partial charge on any atom is 0.251 e. The van der Waals surface area contributed by atoms with Gasteiger partial charge in [-0.1, -0.05) is 6.07 Å². The Morgan fingerprint density at radius 3 is 2.93 bits per heavy atom. The monoisotopic (exact) mass is 203 g/mol. The first-order chi connectivity index (χ1) is 7.26. The van der Waals surface area contributed by atoms with E-state index in [1.165, 1.54) is 0 Å². The van der Waals surface area contributed by atoms with Crippen molar-refractivity contribution in [3.05, 3.63) is 29.3 Å². The van der Waals surface area contributed by atoms with Gasteiger partial charge in [0.1, 0.15) is 5.75 Å². The van der Waals surface area contributed by atoms with E-state index >= 15 is 0 Å². The molecule has 1 aromatic carbocycles. The van der Waals surface area contributed by atoms with Gasteiger partial charge in [-0.2, -0.15) is 0 Å². The number of nitrogens with one attached hydrogen (secondary N) is 1. The number of rotatable bonds is 3. The van der Waals surface area contributed by atoms with Crippen molar-refractivity contribution in [3.63, 3.8) is 0 Å². The summed E-state index contributed by atoms with van der Waals surface area (Å²) in [5.41, 5.74) is 2.81. The Balaban J connectivity index is 2.23. The number of hydrogen-bond donors (Lipinski definition) is 1. The van der Waals surface area contributed by atoms with Crippen LogP contribution in [0.25, 0.3) is 11.6 Å². The van der Waals surface area contributed by atoms with Gasteiger partial charge in [0.05, 0.1) is 7.11 Å². The number of amides is 1. The van der Waals surface area contributed by atoms with Crippen LogP contribution in [0.2, 0.25) is 0 Å². The highest BCUT2D eigenvalue weighted by molar-refractivity contribution is 6.29. The van der Waals surface area contributed by atoms with E-state index in [0.29, 0.717) is 6.54 Å². The maximum atomic E-state index is 11.6. The summed E-state index contributed by atoms with van der Waals surface area (Å²) >= 11 is 0. The molecule has 0 heterocycles. The number of hydrogen-bond acceptors (Lipinski definition) is 2. The second-order valence-corrected chi connectivity index (χ2v) is 3.37. The molecule has 0 bridgehead atoms. The van der Waals surface area contributed by atoms with Gasteiger partial charge in [0.15, 0.2) is 0 Å². The van der Waals surface area contributed by atoms with Crippen LogP contribution in [-0.2, 0) is 4.79 Å². The molecule has 0 aliphatic heterocycles. The van der Waals surface area contributed by atoms with Gasteiger partial charge in [0.2, 0.25) is 0 Å². The summed E-state index contributed by atoms with van der Waals surface area (Å²) in [4.78, 5) is 11.6. The van der Waals surface area contributed by atoms with Crippen LogP contribution in [0, 0.1) is 0 Å². The molecule has 0 unspecified atom stereocenters. The topological polar surface area (TPSA) is 38.3 Å². The van der Waals surface area contributed by atoms with Gasteiger partial charge < -0.3 is 10.1 Å². The molecule has 0 saturated carbocycles. The summed E-state index contributed by atoms with van der Waals surface area (Å²) in [6.07, 6.45) is 1.89. The van der Waals surface area contributed by atoms with Crippen molar-refractivity contribution >= 4 is 17.6 Å². The van der Waals surface area contributed by atoms with Gasteiger partial charge in [-0.3, -0.25) is 4.79 Å². The first-order valence-electron chi connectivity index (χ1n) is 4.94. The predicted molar refractivity (Wildman–Crippen MR) is 59.5 cm³/mol. The molecule has 0 spiro atoms. The third kappa shape index (κ3) is 1.61. The van der Waals surface area contributed by atoms with E-state index in [1.54, 1.807) is 7.11 Å². The third-order valence-electron chi connectivity index (χ3n) is 2.43. The Bertz CT molecular complexity index is 435. The normalized spacial score (nSPS) is 12.3. The SMILES string of the molecule is CCNC(=O)C1=Cc2ccc(OC)cc21. The van der Waals surface area contributed by atoms with E-state index in [-0.39, 0.29) is 5.91 Å². The molecule has 0 saturated heterocycles. The lowest BCUT2D eigenvalue weighted by atomic mass is 9.88. The molecule has 1 aliphatic carbocycles. The first-order valence-corrected chi connectivity index (χ1v) is 4.94. The molecular formula is C12H13NO2. The van der Waals surface area contributed by atoms with Crippen LogP contribution in [-0.4, -0.2) is 19.6 Å². The van der Waals surface area contributed by atoms with Gasteiger partial charge in [-0.05, 0) is 36.3 Å². The lowest BCUT2D eigenvalue weighted by Gasteiger charge is -2.19. The zero-order chi connectivity index (χ0) is 10.8. The Labute approximate surface area is 88.8 Å². The summed E-state index contributed by atoms with van der Waals surface area (Å²) in [5, 5.41) is 2.78. The zero-order valence-electron chi connectivity index (χ0n) is 8.83. The Hall–Kier alpha value is -1.77. The molecule has 15 heavy (non-hydrogen) atoms. The van der Waals surface area contributed by atoms with Crippen molar-refractivity contribution in [2.24, 2.45) is 0 Å². The Kier molecular flexibility index (Phi) is 2.46. The standard InChI is InChI=1S/C12H13NO2/c1-3-13-12(14)11-6-8-4-5-9(15-2)7-10(8)11/h4-7H,3H2,1-2H3,(H,13,14). The average Bonchev–Trinajstić information content (AvgIpc) is 2.20. The van der Waals surface area contributed by atoms with Crippen molar-refractivity contribution in [3.8, 4) is 5.75 Å². The number of carbonyl (C=O) groups is 1. The van der Waals surface area contributed by atoms with Gasteiger partial charge >= 0.3 is 0 Å². The Morgan fingerprint density at radius 2 is 2.27 bits per heavy atom. The smallest absolute Gasteiger partial charge is 0.251 e. The molecule has 0 aromatic heterocycles. The second kappa shape index (κ2) is 3.77. The van der Waals surface area contributed by atoms with Gasteiger partial charge in [0.25, 0.3) is 5.91 Å². The predicted octanol–water partition coefficient (Wildman–Crippen LogP) is 1.69. The van der Waals surface area contributed by atoms with Crippen LogP contribution >= 0.6 is 0 Å². The van der Waals surface area contributed by atoms with E-state index in [2.05, 4.69) is 5.32 Å². The number of fused-ring (bicyclic) bond motifs is 1. The molecule has 1 N–H and O–H groups in total. The van der Waals surface area contributed by atoms with Gasteiger partial charge in [-0.15, -0.1) is 0 Å². The van der Waals surface area contributed by atoms with Gasteiger partial charge in [-0.25, -0.2) is 0 Å². The third-order valence-corrected chi connectivity index (χ3v) is 2.43. The largest absolute Gasteiger partial charge is 0.497 e. The molecule has 1 aliphatic rings. The molecule has 3 heteroatoms. The summed E-state index contributed by atoms with van der Waals surface area (Å²) in [6, 6.07) is 5.74. The van der Waals surface area contributed by atoms with Crippen molar-refractivity contribution in [2.45, 2.75) is 6.92 Å². The molecule has 0 atom stereocenters. The number of likely N-dealkylation sites (N-methyl/N-ethyl adjacent to an activating group) is 1. The summed E-state index contributed by atoms with van der Waals surface area (Å²) in [6.45, 7) is 2.55. The number of benzene rings is 1. The highest BCUT2D eigenvalue weighted by Crippen LogP contribution is 2.34. The molecule has 1 aromatic rings. The fraction of sp³-hybridized carbons (Fsp3) is 0.250. The highest BCUT2D eigenvalue weighted by Gasteiger charge is 2.22. The van der Waals surface area contributed by atoms with Crippen LogP contribution in [0.4, 0.5) is 0 Å². The van der Waals surface area contributed by atoms with E-state index < -0.39 is 0 Å². The minimum absolute atomic E-state index is 0.0155. The lowest BCUT2D eigenvalue weighted by molar-refractivity contribution is -0.115. The molecular weight excluding hydrogens is 190 g/mol. The quantitative estimate of drug-likeness (QED) is 0.811. The van der Waals surface area contributed by atoms with Crippen LogP contribution in [0.3, 0.4) is 0 Å². The molecule has 0 radical (unpaired) electrons. The van der Waals surface area contributed by atoms with Crippen molar-refractivity contribution in [2.75, 3.05) is 13.7 Å². The molecule has 1 amide bonds. The lowest BCUT2D eigenvalue weighted by Crippen LogP contribution is -2.26.